The van der Waals surface area contributed by atoms with Crippen LogP contribution in [0.3, 0.4) is 0 Å². The first-order valence-corrected chi connectivity index (χ1v) is 9.52. The Morgan fingerprint density at radius 1 is 1.20 bits per heavy atom. The second-order valence-corrected chi connectivity index (χ2v) is 10.7. The van der Waals surface area contributed by atoms with E-state index in [0.29, 0.717) is 5.04 Å². The van der Waals surface area contributed by atoms with Crippen molar-refractivity contribution in [1.82, 2.24) is 0 Å². The quantitative estimate of drug-likeness (QED) is 0.310. The molecule has 0 spiro atoms. The predicted octanol–water partition coefficient (Wildman–Crippen LogP) is 4.57. The van der Waals surface area contributed by atoms with Crippen LogP contribution in [0.15, 0.2) is 0 Å². The molecule has 15 heavy (non-hydrogen) atoms. The van der Waals surface area contributed by atoms with E-state index in [2.05, 4.69) is 66.3 Å². The highest BCUT2D eigenvalue weighted by Crippen LogP contribution is 2.36. The van der Waals surface area contributed by atoms with Crippen LogP contribution < -0.4 is 0 Å². The number of rotatable bonds is 5. The van der Waals surface area contributed by atoms with Crippen LogP contribution in [-0.2, 0) is 4.43 Å². The average Bonchev–Trinajstić information content (AvgIpc) is 2.09. The number of unbranched alkanes of at least 4 members (excludes halogenated alkanes) is 2. The lowest BCUT2D eigenvalue weighted by molar-refractivity contribution is 0.280. The van der Waals surface area contributed by atoms with Crippen molar-refractivity contribution in [3.05, 3.63) is 0 Å². The van der Waals surface area contributed by atoms with Crippen LogP contribution >= 0.6 is 22.6 Å². The highest BCUT2D eigenvalue weighted by Gasteiger charge is 2.36. The van der Waals surface area contributed by atoms with Gasteiger partial charge in [-0.15, -0.1) is 0 Å². The molecule has 0 aliphatic heterocycles. The summed E-state index contributed by atoms with van der Waals surface area (Å²) >= 11 is 2.09. The molecule has 0 rings (SSSR count). The Morgan fingerprint density at radius 3 is 2.27 bits per heavy atom. The fourth-order valence-corrected chi connectivity index (χ4v) is 2.26. The molecule has 88 valence electrons. The Balaban J connectivity index is 3.70. The average molecular weight is 334 g/mol. The Hall–Kier alpha value is 0.467. The highest BCUT2D eigenvalue weighted by molar-refractivity contribution is 14.1. The first-order chi connectivity index (χ1) is 6.81. The van der Waals surface area contributed by atoms with Gasteiger partial charge in [-0.25, -0.2) is 0 Å². The van der Waals surface area contributed by atoms with E-state index in [9.17, 15) is 0 Å². The van der Waals surface area contributed by atoms with Gasteiger partial charge in [0.25, 0.3) is 0 Å². The van der Waals surface area contributed by atoms with Crippen LogP contribution in [0.1, 0.15) is 40.0 Å². The summed E-state index contributed by atoms with van der Waals surface area (Å²) in [6.45, 7) is 12.3. The lowest BCUT2D eigenvalue weighted by atomic mass is 10.2. The van der Waals surface area contributed by atoms with Gasteiger partial charge in [-0.2, -0.15) is 0 Å². The van der Waals surface area contributed by atoms with Crippen LogP contribution in [0.25, 0.3) is 0 Å². The molecule has 0 aromatic carbocycles. The van der Waals surface area contributed by atoms with Crippen molar-refractivity contribution in [2.75, 3.05) is 6.61 Å². The molecule has 0 radical (unpaired) electrons. The van der Waals surface area contributed by atoms with Crippen LogP contribution in [0, 0.1) is 9.85 Å². The summed E-state index contributed by atoms with van der Waals surface area (Å²) in [4.78, 5) is 0. The minimum Gasteiger partial charge on any atom is -0.417 e. The summed E-state index contributed by atoms with van der Waals surface area (Å²) in [5, 5.41) is 0.328. The molecule has 0 N–H and O–H groups in total. The van der Waals surface area contributed by atoms with Gasteiger partial charge in [0.1, 0.15) is 0 Å². The molecule has 3 heteroatoms. The Bertz CT molecular complexity index is 232. The molecule has 0 bridgehead atoms. The molecule has 0 fully saturated rings. The predicted molar refractivity (Wildman–Crippen MR) is 78.8 cm³/mol. The van der Waals surface area contributed by atoms with Crippen molar-refractivity contribution >= 4 is 30.9 Å². The zero-order valence-electron chi connectivity index (χ0n) is 10.6. The third-order valence-electron chi connectivity index (χ3n) is 3.03. The van der Waals surface area contributed by atoms with Crippen molar-refractivity contribution in [3.63, 3.8) is 0 Å². The second-order valence-electron chi connectivity index (χ2n) is 5.34. The molecule has 0 atom stereocenters. The summed E-state index contributed by atoms with van der Waals surface area (Å²) in [7, 11) is -1.51. The van der Waals surface area contributed by atoms with Crippen LogP contribution in [0.4, 0.5) is 0 Å². The molecule has 1 nitrogen and oxygen atoms in total. The largest absolute Gasteiger partial charge is 0.417 e. The molecular formula is C12H23IOSi. The summed E-state index contributed by atoms with van der Waals surface area (Å²) in [6.07, 6.45) is 3.30. The topological polar surface area (TPSA) is 9.23 Å². The van der Waals surface area contributed by atoms with Gasteiger partial charge in [-0.05, 0) is 34.9 Å². The van der Waals surface area contributed by atoms with E-state index in [1.54, 1.807) is 0 Å². The van der Waals surface area contributed by atoms with Crippen LogP contribution in [-0.4, -0.2) is 14.9 Å². The SMILES string of the molecule is CC(C)(C)[Si](C)(C)OCCCCC#C[123I]. The fraction of sp³-hybridized carbons (Fsp3) is 0.833. The number of hydrogen-bond donors (Lipinski definition) is 0. The van der Waals surface area contributed by atoms with Crippen LogP contribution in [0.5, 0.6) is 0 Å². The van der Waals surface area contributed by atoms with Gasteiger partial charge in [0.05, 0.1) is 0 Å². The smallest absolute Gasteiger partial charge is 0.191 e. The summed E-state index contributed by atoms with van der Waals surface area (Å²) in [6, 6.07) is 0. The summed E-state index contributed by atoms with van der Waals surface area (Å²) in [5.41, 5.74) is 0. The summed E-state index contributed by atoms with van der Waals surface area (Å²) < 4.78 is 8.95. The minimum absolute atomic E-state index is 0.328. The van der Waals surface area contributed by atoms with Gasteiger partial charge in [0.15, 0.2) is 8.32 Å². The van der Waals surface area contributed by atoms with E-state index in [1.165, 1.54) is 0 Å². The maximum Gasteiger partial charge on any atom is 0.191 e. The third kappa shape index (κ3) is 6.59. The Morgan fingerprint density at radius 2 is 1.80 bits per heavy atom. The fourth-order valence-electron chi connectivity index (χ4n) is 0.907. The lowest BCUT2D eigenvalue weighted by Crippen LogP contribution is -2.40. The highest BCUT2D eigenvalue weighted by atomic mass is 123. The van der Waals surface area contributed by atoms with Crippen molar-refractivity contribution in [2.45, 2.75) is 58.2 Å². The van der Waals surface area contributed by atoms with Crippen LogP contribution in [0.2, 0.25) is 18.1 Å². The minimum atomic E-state index is -1.51. The number of halogens is 1. The zero-order valence-corrected chi connectivity index (χ0v) is 13.8. The molecule has 0 saturated carbocycles. The molecule has 0 heterocycles. The van der Waals surface area contributed by atoms with E-state index in [-0.39, 0.29) is 0 Å². The molecule has 0 aromatic rings. The normalized spacial score (nSPS) is 12.1. The lowest BCUT2D eigenvalue weighted by Gasteiger charge is -2.36. The standard InChI is InChI=1S/C12H23IOSi/c1-12(2,3)15(4,5)14-11-9-7-6-8-10-13/h6-7,9,11H2,1-5H3/i13-4. The van der Waals surface area contributed by atoms with E-state index in [0.717, 1.165) is 25.9 Å². The van der Waals surface area contributed by atoms with Gasteiger partial charge >= 0.3 is 0 Å². The van der Waals surface area contributed by atoms with Gasteiger partial charge in [0, 0.05) is 35.6 Å². The van der Waals surface area contributed by atoms with Crippen molar-refractivity contribution in [2.24, 2.45) is 0 Å². The Kier molecular flexibility index (Phi) is 7.14. The van der Waals surface area contributed by atoms with E-state index < -0.39 is 8.32 Å². The molecule has 0 aromatic heterocycles. The van der Waals surface area contributed by atoms with E-state index in [1.807, 2.05) is 0 Å². The monoisotopic (exact) mass is 334 g/mol. The van der Waals surface area contributed by atoms with Crippen molar-refractivity contribution in [3.8, 4) is 9.85 Å². The van der Waals surface area contributed by atoms with Crippen molar-refractivity contribution < 1.29 is 4.43 Å². The number of hydrogen-bond acceptors (Lipinski definition) is 1. The molecule has 0 amide bonds. The van der Waals surface area contributed by atoms with E-state index >= 15 is 0 Å². The first-order valence-electron chi connectivity index (χ1n) is 5.54. The van der Waals surface area contributed by atoms with E-state index in [4.69, 9.17) is 4.43 Å². The molecular weight excluding hydrogens is 311 g/mol. The van der Waals surface area contributed by atoms with Gasteiger partial charge in [0.2, 0.25) is 0 Å². The zero-order chi connectivity index (χ0) is 11.9. The van der Waals surface area contributed by atoms with Gasteiger partial charge < -0.3 is 4.43 Å². The van der Waals surface area contributed by atoms with Gasteiger partial charge in [-0.3, -0.25) is 0 Å². The first kappa shape index (κ1) is 15.5. The van der Waals surface area contributed by atoms with Gasteiger partial charge in [-0.1, -0.05) is 26.7 Å². The van der Waals surface area contributed by atoms with Crippen molar-refractivity contribution in [1.29, 1.82) is 0 Å². The Labute approximate surface area is 110 Å². The third-order valence-corrected chi connectivity index (χ3v) is 7.95. The maximum atomic E-state index is 6.06. The molecule has 0 aliphatic rings. The summed E-state index contributed by atoms with van der Waals surface area (Å²) in [5.74, 6) is 3.07. The molecule has 0 aliphatic carbocycles. The molecule has 0 unspecified atom stereocenters. The second kappa shape index (κ2) is 6.92. The molecule has 0 saturated heterocycles. The maximum absolute atomic E-state index is 6.06.